The van der Waals surface area contributed by atoms with Gasteiger partial charge in [-0.15, -0.1) is 0 Å². The summed E-state index contributed by atoms with van der Waals surface area (Å²) in [4.78, 5) is 0. The fourth-order valence-corrected chi connectivity index (χ4v) is 3.32. The number of hydrogen-bond donors (Lipinski definition) is 0. The molecule has 3 aromatic rings. The third kappa shape index (κ3) is 1.60. The van der Waals surface area contributed by atoms with Crippen LogP contribution in [0.15, 0.2) is 54.6 Å². The van der Waals surface area contributed by atoms with Gasteiger partial charge in [0.25, 0.3) is 0 Å². The molecular weight excluding hydrogens is 228 g/mol. The minimum absolute atomic E-state index is 1.08. The molecule has 0 radical (unpaired) electrons. The molecule has 0 amide bonds. The number of hydrogen-bond acceptors (Lipinski definition) is 0. The van der Waals surface area contributed by atoms with E-state index in [0.29, 0.717) is 0 Å². The lowest BCUT2D eigenvalue weighted by molar-refractivity contribution is 0.997. The summed E-state index contributed by atoms with van der Waals surface area (Å²) in [7, 11) is 0. The molecule has 0 fully saturated rings. The Morgan fingerprint density at radius 1 is 0.684 bits per heavy atom. The summed E-state index contributed by atoms with van der Waals surface area (Å²) >= 11 is 0. The molecule has 0 heteroatoms. The normalized spacial score (nSPS) is 13.1. The van der Waals surface area contributed by atoms with Crippen molar-refractivity contribution in [1.82, 2.24) is 0 Å². The molecule has 0 nitrogen and oxygen atoms in total. The molecule has 19 heavy (non-hydrogen) atoms. The van der Waals surface area contributed by atoms with E-state index in [1.54, 1.807) is 0 Å². The van der Waals surface area contributed by atoms with Gasteiger partial charge in [-0.3, -0.25) is 0 Å². The molecule has 0 aliphatic heterocycles. The second-order valence-electron chi connectivity index (χ2n) is 5.49. The molecule has 4 rings (SSSR count). The van der Waals surface area contributed by atoms with Gasteiger partial charge in [-0.25, -0.2) is 0 Å². The molecule has 92 valence electrons. The van der Waals surface area contributed by atoms with E-state index in [2.05, 4.69) is 61.5 Å². The average molecular weight is 244 g/mol. The van der Waals surface area contributed by atoms with Crippen molar-refractivity contribution in [3.05, 3.63) is 82.4 Å². The van der Waals surface area contributed by atoms with Crippen LogP contribution in [0, 0.1) is 6.92 Å². The standard InChI is InChI=1S/C19H16/c1-13-5-4-7-15-11-16-10-9-14-6-2-3-8-17(14)19(16)12-18(13)15/h2-10H,11-12H2,1H3. The summed E-state index contributed by atoms with van der Waals surface area (Å²) in [6.07, 6.45) is 2.16. The molecule has 0 aromatic heterocycles. The smallest absolute Gasteiger partial charge is 0.00113 e. The summed E-state index contributed by atoms with van der Waals surface area (Å²) in [5.74, 6) is 0. The monoisotopic (exact) mass is 244 g/mol. The number of rotatable bonds is 0. The summed E-state index contributed by atoms with van der Waals surface area (Å²) < 4.78 is 0. The van der Waals surface area contributed by atoms with Crippen molar-refractivity contribution >= 4 is 10.8 Å². The lowest BCUT2D eigenvalue weighted by Crippen LogP contribution is -2.09. The largest absolute Gasteiger partial charge is 0.0617 e. The second-order valence-corrected chi connectivity index (χ2v) is 5.49. The van der Waals surface area contributed by atoms with E-state index in [0.717, 1.165) is 12.8 Å². The van der Waals surface area contributed by atoms with Crippen molar-refractivity contribution < 1.29 is 0 Å². The van der Waals surface area contributed by atoms with Gasteiger partial charge in [0.05, 0.1) is 0 Å². The van der Waals surface area contributed by atoms with Crippen LogP contribution in [0.4, 0.5) is 0 Å². The molecular formula is C19H16. The number of benzene rings is 3. The van der Waals surface area contributed by atoms with Crippen LogP contribution >= 0.6 is 0 Å². The van der Waals surface area contributed by atoms with Gasteiger partial charge in [-0.1, -0.05) is 54.6 Å². The van der Waals surface area contributed by atoms with Gasteiger partial charge < -0.3 is 0 Å². The minimum atomic E-state index is 1.08. The van der Waals surface area contributed by atoms with E-state index in [-0.39, 0.29) is 0 Å². The summed E-state index contributed by atoms with van der Waals surface area (Å²) in [6.45, 7) is 2.23. The van der Waals surface area contributed by atoms with Gasteiger partial charge in [0, 0.05) is 0 Å². The fraction of sp³-hybridized carbons (Fsp3) is 0.158. The summed E-state index contributed by atoms with van der Waals surface area (Å²) in [6, 6.07) is 20.0. The Labute approximate surface area is 113 Å². The van der Waals surface area contributed by atoms with Crippen molar-refractivity contribution in [2.24, 2.45) is 0 Å². The molecule has 0 atom stereocenters. The van der Waals surface area contributed by atoms with Crippen LogP contribution in [0.5, 0.6) is 0 Å². The summed E-state index contributed by atoms with van der Waals surface area (Å²) in [5, 5.41) is 2.78. The van der Waals surface area contributed by atoms with E-state index < -0.39 is 0 Å². The first-order valence-electron chi connectivity index (χ1n) is 6.90. The molecule has 1 aliphatic rings. The van der Waals surface area contributed by atoms with E-state index in [1.165, 1.54) is 38.6 Å². The molecule has 0 saturated heterocycles. The van der Waals surface area contributed by atoms with E-state index in [4.69, 9.17) is 0 Å². The average Bonchev–Trinajstić information content (AvgIpc) is 2.46. The van der Waals surface area contributed by atoms with Gasteiger partial charge in [-0.05, 0) is 58.4 Å². The van der Waals surface area contributed by atoms with Crippen LogP contribution in [0.1, 0.15) is 27.8 Å². The molecule has 0 heterocycles. The Hall–Kier alpha value is -2.08. The zero-order valence-electron chi connectivity index (χ0n) is 11.1. The molecule has 0 unspecified atom stereocenters. The predicted molar refractivity (Wildman–Crippen MR) is 80.7 cm³/mol. The highest BCUT2D eigenvalue weighted by Gasteiger charge is 2.18. The van der Waals surface area contributed by atoms with Gasteiger partial charge in [0.1, 0.15) is 0 Å². The van der Waals surface area contributed by atoms with Gasteiger partial charge >= 0.3 is 0 Å². The van der Waals surface area contributed by atoms with Crippen molar-refractivity contribution in [2.75, 3.05) is 0 Å². The Morgan fingerprint density at radius 3 is 2.47 bits per heavy atom. The van der Waals surface area contributed by atoms with E-state index in [9.17, 15) is 0 Å². The van der Waals surface area contributed by atoms with Gasteiger partial charge in [-0.2, -0.15) is 0 Å². The Kier molecular flexibility index (Phi) is 2.25. The Morgan fingerprint density at radius 2 is 1.53 bits per heavy atom. The number of fused-ring (bicyclic) bond motifs is 4. The van der Waals surface area contributed by atoms with E-state index >= 15 is 0 Å². The van der Waals surface area contributed by atoms with Crippen LogP contribution < -0.4 is 0 Å². The van der Waals surface area contributed by atoms with Crippen molar-refractivity contribution in [3.63, 3.8) is 0 Å². The quantitative estimate of drug-likeness (QED) is 0.422. The van der Waals surface area contributed by atoms with Crippen molar-refractivity contribution in [2.45, 2.75) is 19.8 Å². The van der Waals surface area contributed by atoms with Crippen LogP contribution in [-0.4, -0.2) is 0 Å². The first-order valence-corrected chi connectivity index (χ1v) is 6.90. The maximum Gasteiger partial charge on any atom is -0.00113 e. The van der Waals surface area contributed by atoms with E-state index in [1.807, 2.05) is 0 Å². The Bertz CT molecular complexity index is 781. The number of aryl methyl sites for hydroxylation is 1. The van der Waals surface area contributed by atoms with Crippen molar-refractivity contribution in [1.29, 1.82) is 0 Å². The highest BCUT2D eigenvalue weighted by Crippen LogP contribution is 2.33. The topological polar surface area (TPSA) is 0 Å². The van der Waals surface area contributed by atoms with Crippen LogP contribution in [0.25, 0.3) is 10.8 Å². The minimum Gasteiger partial charge on any atom is -0.0617 e. The zero-order chi connectivity index (χ0) is 12.8. The molecule has 1 aliphatic carbocycles. The van der Waals surface area contributed by atoms with Crippen LogP contribution in [0.2, 0.25) is 0 Å². The SMILES string of the molecule is Cc1cccc2c1Cc1c(ccc3ccccc13)C2. The molecule has 0 N–H and O–H groups in total. The maximum atomic E-state index is 2.31. The van der Waals surface area contributed by atoms with Gasteiger partial charge in [0.15, 0.2) is 0 Å². The molecule has 0 saturated carbocycles. The first kappa shape index (κ1) is 10.8. The van der Waals surface area contributed by atoms with Crippen LogP contribution in [-0.2, 0) is 12.8 Å². The zero-order valence-corrected chi connectivity index (χ0v) is 11.1. The fourth-order valence-electron chi connectivity index (χ4n) is 3.32. The maximum absolute atomic E-state index is 2.31. The van der Waals surface area contributed by atoms with Crippen LogP contribution in [0.3, 0.4) is 0 Å². The molecule has 0 bridgehead atoms. The highest BCUT2D eigenvalue weighted by molar-refractivity contribution is 5.87. The molecule has 0 spiro atoms. The Balaban J connectivity index is 1.98. The lowest BCUT2D eigenvalue weighted by Gasteiger charge is -2.23. The lowest BCUT2D eigenvalue weighted by atomic mass is 9.82. The predicted octanol–water partition coefficient (Wildman–Crippen LogP) is 4.64. The summed E-state index contributed by atoms with van der Waals surface area (Å²) in [5.41, 5.74) is 7.49. The van der Waals surface area contributed by atoms with Gasteiger partial charge in [0.2, 0.25) is 0 Å². The third-order valence-corrected chi connectivity index (χ3v) is 4.38. The second kappa shape index (κ2) is 3.96. The van der Waals surface area contributed by atoms with Crippen molar-refractivity contribution in [3.8, 4) is 0 Å². The molecule has 3 aromatic carbocycles. The third-order valence-electron chi connectivity index (χ3n) is 4.38. The highest BCUT2D eigenvalue weighted by atomic mass is 14.2. The first-order chi connectivity index (χ1) is 9.33.